The van der Waals surface area contributed by atoms with Crippen molar-refractivity contribution in [2.24, 2.45) is 0 Å². The van der Waals surface area contributed by atoms with Gasteiger partial charge in [-0.3, -0.25) is 0 Å². The monoisotopic (exact) mass is 246 g/mol. The molecule has 1 aromatic rings. The minimum atomic E-state index is 0.375. The number of benzene rings is 1. The third kappa shape index (κ3) is 2.72. The minimum Gasteiger partial charge on any atom is -0.508 e. The molecular weight excluding hydrogens is 236 g/mol. The van der Waals surface area contributed by atoms with Crippen molar-refractivity contribution in [1.29, 1.82) is 0 Å². The van der Waals surface area contributed by atoms with Gasteiger partial charge in [-0.1, -0.05) is 15.9 Å². The summed E-state index contributed by atoms with van der Waals surface area (Å²) in [6.07, 6.45) is 1.88. The molecule has 1 rings (SSSR count). The number of hydrogen-bond donors (Lipinski definition) is 2. The smallest absolute Gasteiger partial charge is 0.118 e. The highest BCUT2D eigenvalue weighted by molar-refractivity contribution is 9.10. The molecule has 12 heavy (non-hydrogen) atoms. The molecule has 0 fully saturated rings. The van der Waals surface area contributed by atoms with Crippen LogP contribution in [-0.4, -0.2) is 10.9 Å². The van der Waals surface area contributed by atoms with Gasteiger partial charge in [0.05, 0.1) is 0 Å². The summed E-state index contributed by atoms with van der Waals surface area (Å²) >= 11 is 7.48. The molecule has 0 aliphatic heterocycles. The number of thiol groups is 1. The Bertz CT molecular complexity index is 263. The summed E-state index contributed by atoms with van der Waals surface area (Å²) in [6, 6.07) is 5.48. The van der Waals surface area contributed by atoms with Crippen LogP contribution in [-0.2, 0) is 6.42 Å². The van der Waals surface area contributed by atoms with E-state index in [2.05, 4.69) is 28.6 Å². The lowest BCUT2D eigenvalue weighted by atomic mass is 10.1. The molecule has 0 spiro atoms. The average molecular weight is 247 g/mol. The summed E-state index contributed by atoms with van der Waals surface area (Å²) in [5, 5.41) is 9.42. The largest absolute Gasteiger partial charge is 0.508 e. The molecule has 1 N–H and O–H groups in total. The number of aromatic hydroxyl groups is 1. The van der Waals surface area contributed by atoms with E-state index in [9.17, 15) is 5.11 Å². The Morgan fingerprint density at radius 1 is 1.42 bits per heavy atom. The van der Waals surface area contributed by atoms with Gasteiger partial charge in [0, 0.05) is 4.47 Å². The van der Waals surface area contributed by atoms with Gasteiger partial charge in [0.2, 0.25) is 0 Å². The molecule has 0 unspecified atom stereocenters. The Morgan fingerprint density at radius 2 is 2.17 bits per heavy atom. The summed E-state index contributed by atoms with van der Waals surface area (Å²) in [7, 11) is 0. The van der Waals surface area contributed by atoms with Gasteiger partial charge in [-0.15, -0.1) is 0 Å². The van der Waals surface area contributed by atoms with Gasteiger partial charge >= 0.3 is 0 Å². The van der Waals surface area contributed by atoms with Crippen LogP contribution in [0.5, 0.6) is 5.75 Å². The molecule has 0 bridgehead atoms. The van der Waals surface area contributed by atoms with E-state index in [1.54, 1.807) is 6.07 Å². The van der Waals surface area contributed by atoms with E-state index in [-0.39, 0.29) is 0 Å². The number of hydrogen-bond acceptors (Lipinski definition) is 2. The van der Waals surface area contributed by atoms with Crippen molar-refractivity contribution in [3.05, 3.63) is 28.2 Å². The number of phenolic OH excluding ortho intramolecular Hbond substituents is 1. The Hall–Kier alpha value is -0.150. The van der Waals surface area contributed by atoms with Gasteiger partial charge in [-0.2, -0.15) is 12.6 Å². The van der Waals surface area contributed by atoms with Crippen molar-refractivity contribution < 1.29 is 5.11 Å². The second kappa shape index (κ2) is 4.77. The lowest BCUT2D eigenvalue weighted by molar-refractivity contribution is 0.467. The fourth-order valence-corrected chi connectivity index (χ4v) is 1.59. The maximum atomic E-state index is 9.42. The van der Waals surface area contributed by atoms with Crippen LogP contribution >= 0.6 is 28.6 Å². The first-order chi connectivity index (χ1) is 5.74. The molecule has 0 heterocycles. The molecule has 0 aliphatic rings. The van der Waals surface area contributed by atoms with Gasteiger partial charge < -0.3 is 5.11 Å². The molecule has 66 valence electrons. The number of rotatable bonds is 3. The first kappa shape index (κ1) is 9.93. The standard InChI is InChI=1S/C9H11BrOS/c10-8-3-4-9(11)7(6-8)2-1-5-12/h3-4,6,11-12H,1-2,5H2. The SMILES string of the molecule is Oc1ccc(Br)cc1CCCS. The van der Waals surface area contributed by atoms with Gasteiger partial charge in [-0.25, -0.2) is 0 Å². The maximum Gasteiger partial charge on any atom is 0.118 e. The topological polar surface area (TPSA) is 20.2 Å². The van der Waals surface area contributed by atoms with E-state index >= 15 is 0 Å². The van der Waals surface area contributed by atoms with Gasteiger partial charge in [-0.05, 0) is 42.4 Å². The zero-order chi connectivity index (χ0) is 8.97. The molecule has 0 saturated carbocycles. The van der Waals surface area contributed by atoms with Crippen molar-refractivity contribution >= 4 is 28.6 Å². The van der Waals surface area contributed by atoms with Crippen molar-refractivity contribution in [3.63, 3.8) is 0 Å². The predicted octanol–water partition coefficient (Wildman–Crippen LogP) is 3.02. The second-order valence-corrected chi connectivity index (χ2v) is 3.96. The van der Waals surface area contributed by atoms with E-state index in [4.69, 9.17) is 0 Å². The van der Waals surface area contributed by atoms with Crippen LogP contribution in [0.1, 0.15) is 12.0 Å². The van der Waals surface area contributed by atoms with Crippen LogP contribution in [0.3, 0.4) is 0 Å². The lowest BCUT2D eigenvalue weighted by Crippen LogP contribution is -1.87. The van der Waals surface area contributed by atoms with Crippen LogP contribution in [0.15, 0.2) is 22.7 Å². The van der Waals surface area contributed by atoms with E-state index in [1.165, 1.54) is 0 Å². The molecule has 0 radical (unpaired) electrons. The maximum absolute atomic E-state index is 9.42. The molecule has 1 nitrogen and oxygen atoms in total. The first-order valence-electron chi connectivity index (χ1n) is 3.82. The van der Waals surface area contributed by atoms with Crippen molar-refractivity contribution in [2.75, 3.05) is 5.75 Å². The summed E-state index contributed by atoms with van der Waals surface area (Å²) in [5.41, 5.74) is 0.985. The zero-order valence-corrected chi connectivity index (χ0v) is 9.11. The van der Waals surface area contributed by atoms with Crippen molar-refractivity contribution in [1.82, 2.24) is 0 Å². The van der Waals surface area contributed by atoms with Crippen molar-refractivity contribution in [2.45, 2.75) is 12.8 Å². The van der Waals surface area contributed by atoms with Crippen LogP contribution in [0, 0.1) is 0 Å². The van der Waals surface area contributed by atoms with Gasteiger partial charge in [0.15, 0.2) is 0 Å². The predicted molar refractivity (Wildman–Crippen MR) is 58.0 cm³/mol. The Labute approximate surface area is 86.3 Å². The zero-order valence-electron chi connectivity index (χ0n) is 6.63. The Morgan fingerprint density at radius 3 is 2.83 bits per heavy atom. The molecule has 0 aliphatic carbocycles. The normalized spacial score (nSPS) is 10.2. The highest BCUT2D eigenvalue weighted by Crippen LogP contribution is 2.22. The minimum absolute atomic E-state index is 0.375. The molecule has 0 aromatic heterocycles. The Balaban J connectivity index is 2.75. The van der Waals surface area contributed by atoms with Crippen molar-refractivity contribution in [3.8, 4) is 5.75 Å². The van der Waals surface area contributed by atoms with Crippen LogP contribution in [0.2, 0.25) is 0 Å². The fraction of sp³-hybridized carbons (Fsp3) is 0.333. The van der Waals surface area contributed by atoms with E-state index in [0.717, 1.165) is 28.6 Å². The summed E-state index contributed by atoms with van der Waals surface area (Å²) in [6.45, 7) is 0. The quantitative estimate of drug-likeness (QED) is 0.786. The fourth-order valence-electron chi connectivity index (χ4n) is 1.02. The molecule has 0 saturated heterocycles. The molecule has 0 atom stereocenters. The summed E-state index contributed by atoms with van der Waals surface area (Å²) < 4.78 is 1.01. The number of phenols is 1. The molecular formula is C9H11BrOS. The third-order valence-electron chi connectivity index (χ3n) is 1.65. The average Bonchev–Trinajstić information content (AvgIpc) is 2.07. The highest BCUT2D eigenvalue weighted by atomic mass is 79.9. The molecule has 1 aromatic carbocycles. The van der Waals surface area contributed by atoms with E-state index < -0.39 is 0 Å². The van der Waals surface area contributed by atoms with Crippen LogP contribution in [0.4, 0.5) is 0 Å². The van der Waals surface area contributed by atoms with E-state index in [1.807, 2.05) is 12.1 Å². The highest BCUT2D eigenvalue weighted by Gasteiger charge is 2.00. The van der Waals surface area contributed by atoms with Gasteiger partial charge in [0.1, 0.15) is 5.75 Å². The number of halogens is 1. The molecule has 0 amide bonds. The third-order valence-corrected chi connectivity index (χ3v) is 2.46. The summed E-state index contributed by atoms with van der Waals surface area (Å²) in [5.74, 6) is 1.23. The van der Waals surface area contributed by atoms with Gasteiger partial charge in [0.25, 0.3) is 0 Å². The second-order valence-electron chi connectivity index (χ2n) is 2.60. The summed E-state index contributed by atoms with van der Waals surface area (Å²) in [4.78, 5) is 0. The van der Waals surface area contributed by atoms with Crippen LogP contribution < -0.4 is 0 Å². The van der Waals surface area contributed by atoms with Crippen LogP contribution in [0.25, 0.3) is 0 Å². The Kier molecular flexibility index (Phi) is 3.95. The lowest BCUT2D eigenvalue weighted by Gasteiger charge is -2.03. The first-order valence-corrected chi connectivity index (χ1v) is 5.25. The molecule has 3 heteroatoms. The van der Waals surface area contributed by atoms with E-state index in [0.29, 0.717) is 5.75 Å². The number of aryl methyl sites for hydroxylation is 1.